The molecule has 2 aromatic carbocycles. The van der Waals surface area contributed by atoms with Crippen LogP contribution in [0, 0.1) is 0 Å². The van der Waals surface area contributed by atoms with E-state index in [4.69, 9.17) is 5.73 Å². The van der Waals surface area contributed by atoms with Crippen molar-refractivity contribution in [2.24, 2.45) is 0 Å². The Morgan fingerprint density at radius 1 is 1.15 bits per heavy atom. The van der Waals surface area contributed by atoms with Crippen LogP contribution in [0.4, 0.5) is 11.4 Å². The molecule has 20 heavy (non-hydrogen) atoms. The molecule has 104 valence electrons. The Kier molecular flexibility index (Phi) is 5.07. The van der Waals surface area contributed by atoms with E-state index in [1.807, 2.05) is 61.5 Å². The Hall–Kier alpha value is -1.94. The summed E-state index contributed by atoms with van der Waals surface area (Å²) >= 11 is 1.55. The van der Waals surface area contributed by atoms with Crippen LogP contribution in [0.25, 0.3) is 0 Å². The maximum absolute atomic E-state index is 12.3. The van der Waals surface area contributed by atoms with Gasteiger partial charge < -0.3 is 10.6 Å². The van der Waals surface area contributed by atoms with Crippen LogP contribution < -0.4 is 10.6 Å². The molecule has 3 nitrogen and oxygen atoms in total. The van der Waals surface area contributed by atoms with Crippen molar-refractivity contribution in [1.82, 2.24) is 0 Å². The van der Waals surface area contributed by atoms with Gasteiger partial charge >= 0.3 is 0 Å². The molecule has 0 aliphatic carbocycles. The van der Waals surface area contributed by atoms with Crippen molar-refractivity contribution >= 4 is 29.0 Å². The van der Waals surface area contributed by atoms with Gasteiger partial charge in [-0.2, -0.15) is 0 Å². The van der Waals surface area contributed by atoms with E-state index < -0.39 is 0 Å². The highest BCUT2D eigenvalue weighted by Gasteiger charge is 2.14. The van der Waals surface area contributed by atoms with Gasteiger partial charge in [-0.05, 0) is 37.3 Å². The summed E-state index contributed by atoms with van der Waals surface area (Å²) in [5, 5.41) is 0. The second-order valence-corrected chi connectivity index (χ2v) is 5.38. The number of hydrogen-bond acceptors (Lipinski definition) is 3. The van der Waals surface area contributed by atoms with E-state index in [9.17, 15) is 4.79 Å². The van der Waals surface area contributed by atoms with Gasteiger partial charge in [0, 0.05) is 22.8 Å². The van der Waals surface area contributed by atoms with Crippen molar-refractivity contribution in [1.29, 1.82) is 0 Å². The van der Waals surface area contributed by atoms with Crippen LogP contribution in [-0.4, -0.2) is 18.2 Å². The minimum atomic E-state index is 0.0898. The van der Waals surface area contributed by atoms with E-state index in [0.29, 0.717) is 18.0 Å². The SMILES string of the molecule is CCN(C(=O)CSc1ccccc1)c1cccc(N)c1. The minimum absolute atomic E-state index is 0.0898. The van der Waals surface area contributed by atoms with E-state index >= 15 is 0 Å². The summed E-state index contributed by atoms with van der Waals surface area (Å²) < 4.78 is 0. The second-order valence-electron chi connectivity index (χ2n) is 4.33. The standard InChI is InChI=1S/C16H18N2OS/c1-2-18(14-8-6-7-13(17)11-14)16(19)12-20-15-9-4-3-5-10-15/h3-11H,2,12,17H2,1H3. The molecule has 0 unspecified atom stereocenters. The fourth-order valence-corrected chi connectivity index (χ4v) is 2.73. The topological polar surface area (TPSA) is 46.3 Å². The number of carbonyl (C=O) groups is 1. The number of rotatable bonds is 5. The lowest BCUT2D eigenvalue weighted by Crippen LogP contribution is -2.32. The molecule has 4 heteroatoms. The van der Waals surface area contributed by atoms with Crippen LogP contribution in [0.1, 0.15) is 6.92 Å². The Morgan fingerprint density at radius 2 is 1.90 bits per heavy atom. The molecule has 0 aliphatic rings. The number of anilines is 2. The Labute approximate surface area is 123 Å². The summed E-state index contributed by atoms with van der Waals surface area (Å²) in [4.78, 5) is 15.2. The molecule has 0 heterocycles. The molecule has 0 fully saturated rings. The fourth-order valence-electron chi connectivity index (χ4n) is 1.94. The van der Waals surface area contributed by atoms with E-state index in [-0.39, 0.29) is 5.91 Å². The predicted molar refractivity (Wildman–Crippen MR) is 86.0 cm³/mol. The molecule has 0 saturated carbocycles. The lowest BCUT2D eigenvalue weighted by molar-refractivity contribution is -0.116. The van der Waals surface area contributed by atoms with Gasteiger partial charge in [0.2, 0.25) is 5.91 Å². The maximum Gasteiger partial charge on any atom is 0.237 e. The second kappa shape index (κ2) is 7.01. The quantitative estimate of drug-likeness (QED) is 0.677. The Morgan fingerprint density at radius 3 is 2.55 bits per heavy atom. The highest BCUT2D eigenvalue weighted by molar-refractivity contribution is 8.00. The average molecular weight is 286 g/mol. The molecule has 2 rings (SSSR count). The first-order valence-corrected chi connectivity index (χ1v) is 7.53. The van der Waals surface area contributed by atoms with E-state index in [1.54, 1.807) is 16.7 Å². The molecule has 0 atom stereocenters. The minimum Gasteiger partial charge on any atom is -0.399 e. The third kappa shape index (κ3) is 3.78. The lowest BCUT2D eigenvalue weighted by atomic mass is 10.2. The van der Waals surface area contributed by atoms with E-state index in [1.165, 1.54) is 0 Å². The number of hydrogen-bond donors (Lipinski definition) is 1. The zero-order valence-electron chi connectivity index (χ0n) is 11.5. The number of amides is 1. The first kappa shape index (κ1) is 14.5. The van der Waals surface area contributed by atoms with E-state index in [2.05, 4.69) is 0 Å². The molecule has 1 amide bonds. The van der Waals surface area contributed by atoms with Gasteiger partial charge in [0.1, 0.15) is 0 Å². The Bertz CT molecular complexity index is 572. The third-order valence-electron chi connectivity index (χ3n) is 2.90. The van der Waals surface area contributed by atoms with E-state index in [0.717, 1.165) is 10.6 Å². The van der Waals surface area contributed by atoms with Crippen LogP contribution in [0.5, 0.6) is 0 Å². The number of carbonyl (C=O) groups excluding carboxylic acids is 1. The first-order valence-electron chi connectivity index (χ1n) is 6.54. The average Bonchev–Trinajstić information content (AvgIpc) is 2.47. The number of nitrogens with zero attached hydrogens (tertiary/aromatic N) is 1. The van der Waals surface area contributed by atoms with Crippen molar-refractivity contribution in [3.05, 3.63) is 54.6 Å². The highest BCUT2D eigenvalue weighted by Crippen LogP contribution is 2.21. The van der Waals surface area contributed by atoms with Crippen LogP contribution in [0.2, 0.25) is 0 Å². The van der Waals surface area contributed by atoms with Gasteiger partial charge in [-0.15, -0.1) is 11.8 Å². The normalized spacial score (nSPS) is 10.2. The molecule has 2 N–H and O–H groups in total. The molecule has 0 spiro atoms. The number of nitrogens with two attached hydrogens (primary N) is 1. The monoisotopic (exact) mass is 286 g/mol. The molecule has 0 bridgehead atoms. The summed E-state index contributed by atoms with van der Waals surface area (Å²) in [5.41, 5.74) is 7.30. The molecule has 2 aromatic rings. The summed E-state index contributed by atoms with van der Waals surface area (Å²) in [6, 6.07) is 17.4. The summed E-state index contributed by atoms with van der Waals surface area (Å²) in [6.45, 7) is 2.60. The van der Waals surface area contributed by atoms with Crippen molar-refractivity contribution < 1.29 is 4.79 Å². The summed E-state index contributed by atoms with van der Waals surface area (Å²) in [6.07, 6.45) is 0. The number of nitrogen functional groups attached to an aromatic ring is 1. The van der Waals surface area contributed by atoms with Gasteiger partial charge in [0.25, 0.3) is 0 Å². The van der Waals surface area contributed by atoms with Crippen LogP contribution in [0.3, 0.4) is 0 Å². The fraction of sp³-hybridized carbons (Fsp3) is 0.188. The molecular weight excluding hydrogens is 268 g/mol. The molecule has 0 aromatic heterocycles. The predicted octanol–water partition coefficient (Wildman–Crippen LogP) is 3.41. The van der Waals surface area contributed by atoms with Gasteiger partial charge in [-0.25, -0.2) is 0 Å². The largest absolute Gasteiger partial charge is 0.399 e. The number of benzene rings is 2. The van der Waals surface area contributed by atoms with Crippen molar-refractivity contribution in [2.75, 3.05) is 22.9 Å². The summed E-state index contributed by atoms with van der Waals surface area (Å²) in [5.74, 6) is 0.513. The zero-order chi connectivity index (χ0) is 14.4. The third-order valence-corrected chi connectivity index (χ3v) is 3.90. The molecule has 0 radical (unpaired) electrons. The van der Waals surface area contributed by atoms with Gasteiger partial charge in [-0.1, -0.05) is 24.3 Å². The van der Waals surface area contributed by atoms with Crippen LogP contribution in [-0.2, 0) is 4.79 Å². The van der Waals surface area contributed by atoms with Gasteiger partial charge in [-0.3, -0.25) is 4.79 Å². The number of thioether (sulfide) groups is 1. The molecule has 0 aliphatic heterocycles. The highest BCUT2D eigenvalue weighted by atomic mass is 32.2. The van der Waals surface area contributed by atoms with Crippen molar-refractivity contribution in [2.45, 2.75) is 11.8 Å². The van der Waals surface area contributed by atoms with Crippen LogP contribution in [0.15, 0.2) is 59.5 Å². The maximum atomic E-state index is 12.3. The van der Waals surface area contributed by atoms with Gasteiger partial charge in [0.15, 0.2) is 0 Å². The molecule has 0 saturated heterocycles. The van der Waals surface area contributed by atoms with Crippen molar-refractivity contribution in [3.8, 4) is 0 Å². The van der Waals surface area contributed by atoms with Crippen molar-refractivity contribution in [3.63, 3.8) is 0 Å². The van der Waals surface area contributed by atoms with Crippen LogP contribution >= 0.6 is 11.8 Å². The smallest absolute Gasteiger partial charge is 0.237 e. The zero-order valence-corrected chi connectivity index (χ0v) is 12.3. The summed E-state index contributed by atoms with van der Waals surface area (Å²) in [7, 11) is 0. The Balaban J connectivity index is 2.02. The first-order chi connectivity index (χ1) is 9.70. The van der Waals surface area contributed by atoms with Gasteiger partial charge in [0.05, 0.1) is 5.75 Å². The lowest BCUT2D eigenvalue weighted by Gasteiger charge is -2.21. The molecular formula is C16H18N2OS.